The lowest BCUT2D eigenvalue weighted by atomic mass is 9.99. The van der Waals surface area contributed by atoms with Crippen molar-refractivity contribution in [3.05, 3.63) is 74.9 Å². The van der Waals surface area contributed by atoms with Crippen molar-refractivity contribution < 1.29 is 13.6 Å². The van der Waals surface area contributed by atoms with Gasteiger partial charge in [-0.2, -0.15) is 0 Å². The van der Waals surface area contributed by atoms with Gasteiger partial charge in [0.05, 0.1) is 11.1 Å². The number of fused-ring (bicyclic) bond motifs is 4. The average molecular weight is 415 g/mol. The van der Waals surface area contributed by atoms with E-state index in [0.717, 1.165) is 29.5 Å². The Bertz CT molecular complexity index is 1430. The van der Waals surface area contributed by atoms with Gasteiger partial charge in [-0.1, -0.05) is 31.0 Å². The van der Waals surface area contributed by atoms with Gasteiger partial charge in [-0.15, -0.1) is 0 Å². The summed E-state index contributed by atoms with van der Waals surface area (Å²) in [6.45, 7) is 1.21. The summed E-state index contributed by atoms with van der Waals surface area (Å²) < 4.78 is 17.2. The lowest BCUT2D eigenvalue weighted by Crippen LogP contribution is -2.39. The van der Waals surface area contributed by atoms with Crippen LogP contribution < -0.4 is 16.0 Å². The van der Waals surface area contributed by atoms with Crippen molar-refractivity contribution >= 4 is 21.9 Å². The van der Waals surface area contributed by atoms with E-state index < -0.39 is 11.3 Å². The largest absolute Gasteiger partial charge is 0.478 e. The van der Waals surface area contributed by atoms with E-state index in [4.69, 9.17) is 13.6 Å². The van der Waals surface area contributed by atoms with Gasteiger partial charge in [-0.3, -0.25) is 4.90 Å². The molecular weight excluding hydrogens is 394 g/mol. The highest BCUT2D eigenvalue weighted by Gasteiger charge is 2.29. The number of ether oxygens (including phenoxy) is 1. The summed E-state index contributed by atoms with van der Waals surface area (Å²) in [6, 6.07) is 14.7. The van der Waals surface area contributed by atoms with E-state index in [0.29, 0.717) is 47.0 Å². The molecule has 1 saturated carbocycles. The van der Waals surface area contributed by atoms with Gasteiger partial charge in [0.25, 0.3) is 0 Å². The van der Waals surface area contributed by atoms with Gasteiger partial charge in [0.1, 0.15) is 23.6 Å². The number of hydrogen-bond acceptors (Lipinski definition) is 6. The van der Waals surface area contributed by atoms with Crippen LogP contribution in [0, 0.1) is 0 Å². The number of nitrogens with zero attached hydrogens (tertiary/aromatic N) is 1. The number of para-hydroxylation sites is 1. The molecule has 0 bridgehead atoms. The summed E-state index contributed by atoms with van der Waals surface area (Å²) >= 11 is 0. The summed E-state index contributed by atoms with van der Waals surface area (Å²) in [4.78, 5) is 27.6. The van der Waals surface area contributed by atoms with Crippen molar-refractivity contribution in [1.29, 1.82) is 0 Å². The van der Waals surface area contributed by atoms with Crippen molar-refractivity contribution in [3.63, 3.8) is 0 Å². The van der Waals surface area contributed by atoms with Crippen LogP contribution in [-0.4, -0.2) is 17.7 Å². The lowest BCUT2D eigenvalue weighted by molar-refractivity contribution is 0.0581. The van der Waals surface area contributed by atoms with Crippen LogP contribution in [0.3, 0.4) is 0 Å². The standard InChI is InChI=1S/C25H21NO5/c27-23-12-18(19-11-15-5-1-4-8-21(15)30-25(19)28)17-9-10-22-20(24(17)31-23)13-26(14-29-22)16-6-2-3-7-16/h1,4-5,8-12,16H,2-3,6-7,13-14H2. The molecule has 0 amide bonds. The van der Waals surface area contributed by atoms with Crippen LogP contribution in [0.15, 0.2) is 67.0 Å². The Kier molecular flexibility index (Phi) is 4.21. The lowest BCUT2D eigenvalue weighted by Gasteiger charge is -2.33. The maximum Gasteiger partial charge on any atom is 0.344 e. The highest BCUT2D eigenvalue weighted by atomic mass is 16.5. The van der Waals surface area contributed by atoms with Gasteiger partial charge in [-0.25, -0.2) is 9.59 Å². The van der Waals surface area contributed by atoms with Gasteiger partial charge < -0.3 is 13.6 Å². The first-order valence-corrected chi connectivity index (χ1v) is 10.7. The predicted octanol–water partition coefficient (Wildman–Crippen LogP) is 4.66. The molecule has 0 saturated heterocycles. The second-order valence-electron chi connectivity index (χ2n) is 8.34. The quantitative estimate of drug-likeness (QED) is 0.444. The van der Waals surface area contributed by atoms with E-state index in [2.05, 4.69) is 4.90 Å². The van der Waals surface area contributed by atoms with Crippen molar-refractivity contribution in [2.45, 2.75) is 38.3 Å². The SMILES string of the molecule is O=c1cc(-c2cc3ccccc3oc2=O)c2ccc3c(c2o1)CN(C1CCCC1)CO3. The van der Waals surface area contributed by atoms with Gasteiger partial charge in [0.15, 0.2) is 0 Å². The van der Waals surface area contributed by atoms with Crippen molar-refractivity contribution in [3.8, 4) is 16.9 Å². The van der Waals surface area contributed by atoms with Crippen molar-refractivity contribution in [2.75, 3.05) is 6.73 Å². The average Bonchev–Trinajstić information content (AvgIpc) is 3.33. The number of rotatable bonds is 2. The molecule has 1 aliphatic carbocycles. The van der Waals surface area contributed by atoms with E-state index in [-0.39, 0.29) is 0 Å². The van der Waals surface area contributed by atoms with Crippen LogP contribution in [-0.2, 0) is 6.54 Å². The molecule has 3 heterocycles. The molecule has 2 aromatic carbocycles. The molecule has 6 heteroatoms. The van der Waals surface area contributed by atoms with E-state index in [9.17, 15) is 9.59 Å². The van der Waals surface area contributed by atoms with Crippen LogP contribution in [0.5, 0.6) is 5.75 Å². The van der Waals surface area contributed by atoms with E-state index >= 15 is 0 Å². The van der Waals surface area contributed by atoms with E-state index in [1.165, 1.54) is 18.9 Å². The first-order chi connectivity index (χ1) is 15.2. The maximum atomic E-state index is 12.8. The molecule has 1 aliphatic heterocycles. The van der Waals surface area contributed by atoms with Crippen molar-refractivity contribution in [1.82, 2.24) is 4.90 Å². The van der Waals surface area contributed by atoms with E-state index in [1.54, 1.807) is 12.1 Å². The fourth-order valence-corrected chi connectivity index (χ4v) is 4.93. The van der Waals surface area contributed by atoms with E-state index in [1.807, 2.05) is 30.3 Å². The molecular formula is C25H21NO5. The minimum Gasteiger partial charge on any atom is -0.478 e. The Labute approximate surface area is 177 Å². The Balaban J connectivity index is 1.55. The first kappa shape index (κ1) is 18.4. The summed E-state index contributed by atoms with van der Waals surface area (Å²) in [6.07, 6.45) is 4.80. The Hall–Kier alpha value is -3.38. The Morgan fingerprint density at radius 1 is 0.903 bits per heavy atom. The fraction of sp³-hybridized carbons (Fsp3) is 0.280. The summed E-state index contributed by atoms with van der Waals surface area (Å²) in [5.74, 6) is 0.729. The number of hydrogen-bond donors (Lipinski definition) is 0. The van der Waals surface area contributed by atoms with Crippen LogP contribution in [0.25, 0.3) is 33.1 Å². The maximum absolute atomic E-state index is 12.8. The normalized spacial score (nSPS) is 17.2. The van der Waals surface area contributed by atoms with Gasteiger partial charge in [0, 0.05) is 35.0 Å². The Morgan fingerprint density at radius 3 is 2.61 bits per heavy atom. The van der Waals surface area contributed by atoms with Crippen LogP contribution in [0.2, 0.25) is 0 Å². The molecule has 31 heavy (non-hydrogen) atoms. The molecule has 1 fully saturated rings. The molecule has 0 unspecified atom stereocenters. The topological polar surface area (TPSA) is 72.9 Å². The van der Waals surface area contributed by atoms with Gasteiger partial charge in [0.2, 0.25) is 0 Å². The third-order valence-corrected chi connectivity index (χ3v) is 6.49. The third kappa shape index (κ3) is 3.06. The molecule has 6 nitrogen and oxygen atoms in total. The monoisotopic (exact) mass is 415 g/mol. The molecule has 2 aromatic heterocycles. The molecule has 2 aliphatic rings. The smallest absolute Gasteiger partial charge is 0.344 e. The first-order valence-electron chi connectivity index (χ1n) is 10.7. The van der Waals surface area contributed by atoms with Crippen molar-refractivity contribution in [2.24, 2.45) is 0 Å². The van der Waals surface area contributed by atoms with Crippen LogP contribution in [0.4, 0.5) is 0 Å². The van der Waals surface area contributed by atoms with Gasteiger partial charge in [-0.05, 0) is 37.1 Å². The minimum absolute atomic E-state index is 0.348. The zero-order valence-corrected chi connectivity index (χ0v) is 16.9. The summed E-state index contributed by atoms with van der Waals surface area (Å²) in [7, 11) is 0. The summed E-state index contributed by atoms with van der Waals surface area (Å²) in [5.41, 5.74) is 1.75. The third-order valence-electron chi connectivity index (χ3n) is 6.49. The van der Waals surface area contributed by atoms with Gasteiger partial charge >= 0.3 is 11.3 Å². The molecule has 4 aromatic rings. The highest BCUT2D eigenvalue weighted by molar-refractivity contribution is 5.97. The van der Waals surface area contributed by atoms with Crippen LogP contribution in [0.1, 0.15) is 31.2 Å². The highest BCUT2D eigenvalue weighted by Crippen LogP contribution is 2.37. The minimum atomic E-state index is -0.499. The molecule has 156 valence electrons. The Morgan fingerprint density at radius 2 is 1.74 bits per heavy atom. The molecule has 0 spiro atoms. The number of benzene rings is 2. The molecule has 0 atom stereocenters. The predicted molar refractivity (Wildman–Crippen MR) is 117 cm³/mol. The molecule has 0 N–H and O–H groups in total. The zero-order chi connectivity index (χ0) is 20.9. The molecule has 0 radical (unpaired) electrons. The second kappa shape index (κ2) is 7.10. The summed E-state index contributed by atoms with van der Waals surface area (Å²) in [5, 5.41) is 1.50. The zero-order valence-electron chi connectivity index (χ0n) is 16.9. The van der Waals surface area contributed by atoms with Crippen LogP contribution >= 0.6 is 0 Å². The molecule has 6 rings (SSSR count). The second-order valence-corrected chi connectivity index (χ2v) is 8.34. The fourth-order valence-electron chi connectivity index (χ4n) is 4.93.